The fourth-order valence-electron chi connectivity index (χ4n) is 0.794. The number of carbonyl (C=O) groups is 2. The second-order valence-electron chi connectivity index (χ2n) is 2.31. The Morgan fingerprint density at radius 1 is 1.54 bits per heavy atom. The van der Waals surface area contributed by atoms with E-state index >= 15 is 0 Å². The Morgan fingerprint density at radius 2 is 2.15 bits per heavy atom. The lowest BCUT2D eigenvalue weighted by Crippen LogP contribution is -2.27. The minimum Gasteiger partial charge on any atom is -0.465 e. The number of hydrogen-bond donors (Lipinski definition) is 1. The molecule has 0 aliphatic carbocycles. The first-order valence-electron chi connectivity index (χ1n) is 4.04. The topological polar surface area (TPSA) is 76.0 Å². The van der Waals surface area contributed by atoms with E-state index in [1.807, 2.05) is 0 Å². The SMILES string of the molecule is CCOC(=O)C(/C=N/O)C(=O)CC. The maximum atomic E-state index is 11.1. The van der Waals surface area contributed by atoms with Gasteiger partial charge in [-0.1, -0.05) is 6.92 Å². The van der Waals surface area contributed by atoms with Crippen molar-refractivity contribution in [1.29, 1.82) is 0 Å². The standard InChI is InChI=1S/C8H13NO4/c1-3-7(10)6(5-9-12)8(11)13-4-2/h5-6,12H,3-4H2,1-2H3/b9-5+. The molecule has 0 heterocycles. The zero-order valence-corrected chi connectivity index (χ0v) is 7.69. The molecule has 0 aliphatic heterocycles. The van der Waals surface area contributed by atoms with E-state index in [1.165, 1.54) is 0 Å². The van der Waals surface area contributed by atoms with Crippen molar-refractivity contribution < 1.29 is 19.5 Å². The molecule has 13 heavy (non-hydrogen) atoms. The largest absolute Gasteiger partial charge is 0.465 e. The molecule has 0 aromatic heterocycles. The Bertz CT molecular complexity index is 212. The summed E-state index contributed by atoms with van der Waals surface area (Å²) in [6, 6.07) is 0. The van der Waals surface area contributed by atoms with Gasteiger partial charge in [-0.15, -0.1) is 5.16 Å². The van der Waals surface area contributed by atoms with Gasteiger partial charge < -0.3 is 9.94 Å². The second kappa shape index (κ2) is 6.16. The minimum absolute atomic E-state index is 0.200. The summed E-state index contributed by atoms with van der Waals surface area (Å²) in [4.78, 5) is 22.2. The summed E-state index contributed by atoms with van der Waals surface area (Å²) in [7, 11) is 0. The van der Waals surface area contributed by atoms with Crippen LogP contribution in [0.15, 0.2) is 5.16 Å². The molecule has 0 saturated carbocycles. The number of ketones is 1. The lowest BCUT2D eigenvalue weighted by molar-refractivity contribution is -0.148. The summed E-state index contributed by atoms with van der Waals surface area (Å²) >= 11 is 0. The van der Waals surface area contributed by atoms with E-state index in [9.17, 15) is 9.59 Å². The average molecular weight is 187 g/mol. The van der Waals surface area contributed by atoms with E-state index in [2.05, 4.69) is 9.89 Å². The van der Waals surface area contributed by atoms with Crippen LogP contribution >= 0.6 is 0 Å². The average Bonchev–Trinajstić information content (AvgIpc) is 2.13. The Labute approximate surface area is 76.4 Å². The molecule has 0 bridgehead atoms. The number of hydrogen-bond acceptors (Lipinski definition) is 5. The quantitative estimate of drug-likeness (QED) is 0.225. The van der Waals surface area contributed by atoms with Crippen molar-refractivity contribution in [3.63, 3.8) is 0 Å². The third-order valence-corrected chi connectivity index (χ3v) is 1.45. The molecule has 74 valence electrons. The lowest BCUT2D eigenvalue weighted by Gasteiger charge is -2.07. The van der Waals surface area contributed by atoms with Crippen LogP contribution in [0.25, 0.3) is 0 Å². The van der Waals surface area contributed by atoms with Crippen molar-refractivity contribution >= 4 is 18.0 Å². The number of esters is 1. The van der Waals surface area contributed by atoms with Crippen LogP contribution in [0.5, 0.6) is 0 Å². The van der Waals surface area contributed by atoms with Crippen LogP contribution in [0.4, 0.5) is 0 Å². The van der Waals surface area contributed by atoms with Crippen LogP contribution in [-0.2, 0) is 14.3 Å². The van der Waals surface area contributed by atoms with Gasteiger partial charge >= 0.3 is 5.97 Å². The summed E-state index contributed by atoms with van der Waals surface area (Å²) in [5.41, 5.74) is 0. The highest BCUT2D eigenvalue weighted by Crippen LogP contribution is 2.02. The van der Waals surface area contributed by atoms with E-state index < -0.39 is 11.9 Å². The number of rotatable bonds is 5. The smallest absolute Gasteiger partial charge is 0.322 e. The highest BCUT2D eigenvalue weighted by atomic mass is 16.5. The molecule has 5 nitrogen and oxygen atoms in total. The number of carbonyl (C=O) groups excluding carboxylic acids is 2. The van der Waals surface area contributed by atoms with E-state index in [0.29, 0.717) is 0 Å². The van der Waals surface area contributed by atoms with E-state index in [-0.39, 0.29) is 18.8 Å². The molecule has 5 heteroatoms. The first-order chi connectivity index (χ1) is 6.17. The lowest BCUT2D eigenvalue weighted by atomic mass is 10.0. The molecule has 0 amide bonds. The van der Waals surface area contributed by atoms with Gasteiger partial charge in [0.25, 0.3) is 0 Å². The van der Waals surface area contributed by atoms with Gasteiger partial charge in [-0.2, -0.15) is 0 Å². The molecular formula is C8H13NO4. The van der Waals surface area contributed by atoms with Gasteiger partial charge in [0.15, 0.2) is 11.7 Å². The van der Waals surface area contributed by atoms with E-state index in [0.717, 1.165) is 6.21 Å². The van der Waals surface area contributed by atoms with Crippen LogP contribution in [0.2, 0.25) is 0 Å². The fraction of sp³-hybridized carbons (Fsp3) is 0.625. The van der Waals surface area contributed by atoms with Gasteiger partial charge in [-0.05, 0) is 6.92 Å². The highest BCUT2D eigenvalue weighted by Gasteiger charge is 2.24. The molecule has 1 atom stereocenters. The molecule has 1 N–H and O–H groups in total. The summed E-state index contributed by atoms with van der Waals surface area (Å²) in [6.45, 7) is 3.47. The van der Waals surface area contributed by atoms with E-state index in [4.69, 9.17) is 5.21 Å². The Hall–Kier alpha value is -1.39. The van der Waals surface area contributed by atoms with Gasteiger partial charge in [0.05, 0.1) is 12.8 Å². The predicted octanol–water partition coefficient (Wildman–Crippen LogP) is 0.605. The van der Waals surface area contributed by atoms with Crippen molar-refractivity contribution in [2.75, 3.05) is 6.61 Å². The number of nitrogens with zero attached hydrogens (tertiary/aromatic N) is 1. The first kappa shape index (κ1) is 11.6. The molecule has 0 spiro atoms. The number of Topliss-reactive ketones (excluding diaryl/α,β-unsaturated/α-hetero) is 1. The third kappa shape index (κ3) is 3.68. The van der Waals surface area contributed by atoms with Crippen LogP contribution in [-0.4, -0.2) is 29.8 Å². The minimum atomic E-state index is -1.07. The van der Waals surface area contributed by atoms with Crippen LogP contribution in [0.3, 0.4) is 0 Å². The molecule has 0 aliphatic rings. The van der Waals surface area contributed by atoms with Crippen molar-refractivity contribution in [3.8, 4) is 0 Å². The van der Waals surface area contributed by atoms with E-state index in [1.54, 1.807) is 13.8 Å². The molecule has 0 radical (unpaired) electrons. The van der Waals surface area contributed by atoms with Gasteiger partial charge in [-0.3, -0.25) is 9.59 Å². The molecule has 0 fully saturated rings. The van der Waals surface area contributed by atoms with Crippen molar-refractivity contribution in [2.24, 2.45) is 11.1 Å². The second-order valence-corrected chi connectivity index (χ2v) is 2.31. The van der Waals surface area contributed by atoms with Crippen LogP contribution in [0, 0.1) is 5.92 Å². The molecule has 0 saturated heterocycles. The van der Waals surface area contributed by atoms with Gasteiger partial charge in [0.1, 0.15) is 0 Å². The summed E-state index contributed by atoms with van der Waals surface area (Å²) < 4.78 is 4.62. The molecule has 1 unspecified atom stereocenters. The molecular weight excluding hydrogens is 174 g/mol. The Morgan fingerprint density at radius 3 is 2.54 bits per heavy atom. The monoisotopic (exact) mass is 187 g/mol. The predicted molar refractivity (Wildman–Crippen MR) is 45.7 cm³/mol. The normalized spacial score (nSPS) is 12.8. The first-order valence-corrected chi connectivity index (χ1v) is 4.04. The summed E-state index contributed by atoms with van der Waals surface area (Å²) in [5.74, 6) is -2.07. The Balaban J connectivity index is 4.41. The maximum Gasteiger partial charge on any atom is 0.322 e. The summed E-state index contributed by atoms with van der Waals surface area (Å²) in [5, 5.41) is 10.9. The molecule has 0 aromatic carbocycles. The zero-order valence-electron chi connectivity index (χ0n) is 7.69. The van der Waals surface area contributed by atoms with Crippen molar-refractivity contribution in [1.82, 2.24) is 0 Å². The highest BCUT2D eigenvalue weighted by molar-refractivity contribution is 6.11. The van der Waals surface area contributed by atoms with Gasteiger partial charge in [0, 0.05) is 6.42 Å². The Kier molecular flexibility index (Phi) is 5.50. The van der Waals surface area contributed by atoms with Crippen LogP contribution in [0.1, 0.15) is 20.3 Å². The van der Waals surface area contributed by atoms with Crippen molar-refractivity contribution in [3.05, 3.63) is 0 Å². The molecule has 0 rings (SSSR count). The summed E-state index contributed by atoms with van der Waals surface area (Å²) in [6.07, 6.45) is 1.08. The maximum absolute atomic E-state index is 11.1. The third-order valence-electron chi connectivity index (χ3n) is 1.45. The zero-order chi connectivity index (χ0) is 10.3. The molecule has 0 aromatic rings. The fourth-order valence-corrected chi connectivity index (χ4v) is 0.794. The van der Waals surface area contributed by atoms with Crippen molar-refractivity contribution in [2.45, 2.75) is 20.3 Å². The number of ether oxygens (including phenoxy) is 1. The van der Waals surface area contributed by atoms with Gasteiger partial charge in [0.2, 0.25) is 0 Å². The number of oxime groups is 1. The van der Waals surface area contributed by atoms with Gasteiger partial charge in [-0.25, -0.2) is 0 Å². The van der Waals surface area contributed by atoms with Crippen LogP contribution < -0.4 is 0 Å².